The second kappa shape index (κ2) is 4.85. The van der Waals surface area contributed by atoms with Gasteiger partial charge in [-0.25, -0.2) is 4.39 Å². The summed E-state index contributed by atoms with van der Waals surface area (Å²) in [5.74, 6) is -7.01. The van der Waals surface area contributed by atoms with Gasteiger partial charge in [0.25, 0.3) is 5.85 Å². The molecule has 0 aromatic heterocycles. The summed E-state index contributed by atoms with van der Waals surface area (Å²) in [4.78, 5) is 0. The van der Waals surface area contributed by atoms with E-state index in [1.54, 1.807) is 0 Å². The SMILES string of the molecule is CCCCCCC(O)(F)C(O)(O)O. The Kier molecular flexibility index (Phi) is 4.77. The number of alkyl halides is 1. The van der Waals surface area contributed by atoms with E-state index in [4.69, 9.17) is 20.4 Å². The third-order valence-corrected chi connectivity index (χ3v) is 1.88. The maximum absolute atomic E-state index is 12.8. The Balaban J connectivity index is 3.77. The maximum Gasteiger partial charge on any atom is 0.337 e. The fraction of sp³-hybridized carbons (Fsp3) is 1.00. The topological polar surface area (TPSA) is 80.9 Å². The van der Waals surface area contributed by atoms with E-state index in [1.807, 2.05) is 6.92 Å². The molecule has 0 spiro atoms. The van der Waals surface area contributed by atoms with Crippen LogP contribution < -0.4 is 0 Å². The minimum atomic E-state index is -3.67. The lowest BCUT2D eigenvalue weighted by Gasteiger charge is -2.27. The van der Waals surface area contributed by atoms with Crippen LogP contribution in [0.4, 0.5) is 4.39 Å². The molecule has 4 nitrogen and oxygen atoms in total. The highest BCUT2D eigenvalue weighted by atomic mass is 19.2. The van der Waals surface area contributed by atoms with Crippen molar-refractivity contribution < 1.29 is 24.8 Å². The van der Waals surface area contributed by atoms with Gasteiger partial charge in [-0.2, -0.15) is 0 Å². The van der Waals surface area contributed by atoms with Crippen molar-refractivity contribution in [3.05, 3.63) is 0 Å². The van der Waals surface area contributed by atoms with Gasteiger partial charge in [-0.05, 0) is 6.42 Å². The Bertz CT molecular complexity index is 142. The number of aliphatic hydroxyl groups is 4. The molecular weight excluding hydrogens is 179 g/mol. The zero-order chi connectivity index (χ0) is 10.5. The molecule has 1 unspecified atom stereocenters. The molecule has 5 heteroatoms. The molecule has 0 radical (unpaired) electrons. The van der Waals surface area contributed by atoms with Crippen molar-refractivity contribution in [1.29, 1.82) is 0 Å². The van der Waals surface area contributed by atoms with Gasteiger partial charge in [0, 0.05) is 6.42 Å². The van der Waals surface area contributed by atoms with Gasteiger partial charge in [0.2, 0.25) is 0 Å². The van der Waals surface area contributed by atoms with Gasteiger partial charge in [0.15, 0.2) is 0 Å². The molecule has 0 bridgehead atoms. The van der Waals surface area contributed by atoms with E-state index in [0.717, 1.165) is 12.8 Å². The zero-order valence-electron chi connectivity index (χ0n) is 7.70. The molecule has 0 aromatic rings. The van der Waals surface area contributed by atoms with E-state index >= 15 is 0 Å². The van der Waals surface area contributed by atoms with Crippen molar-refractivity contribution in [2.75, 3.05) is 0 Å². The van der Waals surface area contributed by atoms with E-state index in [2.05, 4.69) is 0 Å². The number of unbranched alkanes of at least 4 members (excludes halogenated alkanes) is 3. The predicted molar refractivity (Wildman–Crippen MR) is 44.2 cm³/mol. The zero-order valence-corrected chi connectivity index (χ0v) is 7.70. The molecule has 80 valence electrons. The van der Waals surface area contributed by atoms with Crippen LogP contribution in [0.2, 0.25) is 0 Å². The fourth-order valence-electron chi connectivity index (χ4n) is 0.954. The third-order valence-electron chi connectivity index (χ3n) is 1.88. The van der Waals surface area contributed by atoms with E-state index in [0.29, 0.717) is 12.8 Å². The van der Waals surface area contributed by atoms with Crippen molar-refractivity contribution in [2.24, 2.45) is 0 Å². The summed E-state index contributed by atoms with van der Waals surface area (Å²) >= 11 is 0. The Morgan fingerprint density at radius 1 is 1.00 bits per heavy atom. The predicted octanol–water partition coefficient (Wildman–Crippen LogP) is 0.246. The highest BCUT2D eigenvalue weighted by molar-refractivity contribution is 4.72. The summed E-state index contributed by atoms with van der Waals surface area (Å²) in [5.41, 5.74) is 0. The van der Waals surface area contributed by atoms with Crippen LogP contribution in [0.1, 0.15) is 39.0 Å². The van der Waals surface area contributed by atoms with E-state index in [9.17, 15) is 4.39 Å². The molecule has 4 N–H and O–H groups in total. The van der Waals surface area contributed by atoms with E-state index in [1.165, 1.54) is 0 Å². The van der Waals surface area contributed by atoms with Crippen molar-refractivity contribution in [2.45, 2.75) is 50.9 Å². The van der Waals surface area contributed by atoms with Gasteiger partial charge in [0.1, 0.15) is 0 Å². The Hall–Kier alpha value is -0.230. The molecule has 0 saturated heterocycles. The van der Waals surface area contributed by atoms with Crippen LogP contribution in [0.5, 0.6) is 0 Å². The number of halogens is 1. The number of hydrogen-bond acceptors (Lipinski definition) is 4. The molecule has 1 atom stereocenters. The molecule has 0 fully saturated rings. The Morgan fingerprint density at radius 2 is 1.54 bits per heavy atom. The summed E-state index contributed by atoms with van der Waals surface area (Å²) in [6.45, 7) is 1.97. The van der Waals surface area contributed by atoms with Crippen LogP contribution in [-0.4, -0.2) is 32.3 Å². The van der Waals surface area contributed by atoms with Gasteiger partial charge in [-0.15, -0.1) is 0 Å². The average Bonchev–Trinajstić information content (AvgIpc) is 1.96. The molecule has 0 aliphatic carbocycles. The first-order chi connectivity index (χ1) is 5.81. The molecule has 0 heterocycles. The summed E-state index contributed by atoms with van der Waals surface area (Å²) in [6.07, 6.45) is 2.32. The number of hydrogen-bond donors (Lipinski definition) is 4. The van der Waals surface area contributed by atoms with Crippen molar-refractivity contribution in [3.63, 3.8) is 0 Å². The molecular formula is C8H17FO4. The summed E-state index contributed by atoms with van der Waals surface area (Å²) < 4.78 is 12.8. The smallest absolute Gasteiger partial charge is 0.337 e. The van der Waals surface area contributed by atoms with Gasteiger partial charge >= 0.3 is 5.97 Å². The molecule has 0 saturated carbocycles. The van der Waals surface area contributed by atoms with Crippen LogP contribution >= 0.6 is 0 Å². The quantitative estimate of drug-likeness (QED) is 0.362. The monoisotopic (exact) mass is 196 g/mol. The largest absolute Gasteiger partial charge is 0.356 e. The fourth-order valence-corrected chi connectivity index (χ4v) is 0.954. The van der Waals surface area contributed by atoms with Crippen LogP contribution in [-0.2, 0) is 0 Å². The molecule has 0 rings (SSSR count). The Labute approximate surface area is 76.6 Å². The lowest BCUT2D eigenvalue weighted by atomic mass is 10.1. The standard InChI is InChI=1S/C8H17FO4/c1-2-3-4-5-6-7(9,10)8(11,12)13/h10-13H,2-6H2,1H3. The third kappa shape index (κ3) is 4.52. The van der Waals surface area contributed by atoms with Gasteiger partial charge < -0.3 is 20.4 Å². The Morgan fingerprint density at radius 3 is 1.92 bits per heavy atom. The molecule has 0 aliphatic heterocycles. The first kappa shape index (κ1) is 12.8. The van der Waals surface area contributed by atoms with Gasteiger partial charge in [0.05, 0.1) is 0 Å². The lowest BCUT2D eigenvalue weighted by molar-refractivity contribution is -0.426. The van der Waals surface area contributed by atoms with Crippen LogP contribution in [0.25, 0.3) is 0 Å². The summed E-state index contributed by atoms with van der Waals surface area (Å²) in [7, 11) is 0. The maximum atomic E-state index is 12.8. The normalized spacial score (nSPS) is 17.1. The van der Waals surface area contributed by atoms with Crippen molar-refractivity contribution in [3.8, 4) is 0 Å². The molecule has 0 aliphatic rings. The molecule has 13 heavy (non-hydrogen) atoms. The summed E-state index contributed by atoms with van der Waals surface area (Å²) in [6, 6.07) is 0. The molecule has 0 amide bonds. The molecule has 0 aromatic carbocycles. The number of rotatable bonds is 6. The highest BCUT2D eigenvalue weighted by Crippen LogP contribution is 2.25. The van der Waals surface area contributed by atoms with Gasteiger partial charge in [-0.3, -0.25) is 0 Å². The van der Waals surface area contributed by atoms with Crippen LogP contribution in [0, 0.1) is 0 Å². The van der Waals surface area contributed by atoms with Crippen molar-refractivity contribution in [1.82, 2.24) is 0 Å². The van der Waals surface area contributed by atoms with Crippen LogP contribution in [0.3, 0.4) is 0 Å². The minimum Gasteiger partial charge on any atom is -0.356 e. The van der Waals surface area contributed by atoms with Crippen molar-refractivity contribution >= 4 is 0 Å². The van der Waals surface area contributed by atoms with E-state index in [-0.39, 0.29) is 0 Å². The van der Waals surface area contributed by atoms with E-state index < -0.39 is 18.2 Å². The van der Waals surface area contributed by atoms with Gasteiger partial charge in [-0.1, -0.05) is 26.2 Å². The second-order valence-corrected chi connectivity index (χ2v) is 3.21. The average molecular weight is 196 g/mol. The second-order valence-electron chi connectivity index (χ2n) is 3.21. The first-order valence-electron chi connectivity index (χ1n) is 4.39. The highest BCUT2D eigenvalue weighted by Gasteiger charge is 2.47. The lowest BCUT2D eigenvalue weighted by Crippen LogP contribution is -2.51. The van der Waals surface area contributed by atoms with Crippen LogP contribution in [0.15, 0.2) is 0 Å². The first-order valence-corrected chi connectivity index (χ1v) is 4.39. The summed E-state index contributed by atoms with van der Waals surface area (Å²) in [5, 5.41) is 33.9. The minimum absolute atomic E-state index is 0.296.